The van der Waals surface area contributed by atoms with Crippen molar-refractivity contribution in [3.63, 3.8) is 0 Å². The van der Waals surface area contributed by atoms with Crippen molar-refractivity contribution in [2.45, 2.75) is 19.4 Å². The van der Waals surface area contributed by atoms with Gasteiger partial charge >= 0.3 is 0 Å². The fraction of sp³-hybridized carbons (Fsp3) is 0.556. The molecule has 0 spiro atoms. The summed E-state index contributed by atoms with van der Waals surface area (Å²) in [7, 11) is 0. The van der Waals surface area contributed by atoms with Gasteiger partial charge in [0.05, 0.1) is 6.61 Å². The summed E-state index contributed by atoms with van der Waals surface area (Å²) in [6, 6.07) is 0. The van der Waals surface area contributed by atoms with Gasteiger partial charge in [0.2, 0.25) is 0 Å². The summed E-state index contributed by atoms with van der Waals surface area (Å²) >= 11 is 0. The zero-order chi connectivity index (χ0) is 9.19. The standard InChI is InChI=1S/C9H14O3/c1-7-8(12-11)4-3-5-9(7,2)6-10/h3,5,8,10-11H,1,4,6H2,2H3/t8-,9+/m1/s1. The number of aliphatic hydroxyl groups is 1. The van der Waals surface area contributed by atoms with Crippen molar-refractivity contribution in [3.05, 3.63) is 24.3 Å². The third-order valence-corrected chi connectivity index (χ3v) is 2.41. The Morgan fingerprint density at radius 2 is 2.50 bits per heavy atom. The molecule has 12 heavy (non-hydrogen) atoms. The quantitative estimate of drug-likeness (QED) is 0.374. The van der Waals surface area contributed by atoms with Crippen LogP contribution < -0.4 is 0 Å². The first-order valence-electron chi connectivity index (χ1n) is 3.92. The van der Waals surface area contributed by atoms with E-state index in [0.29, 0.717) is 6.42 Å². The summed E-state index contributed by atoms with van der Waals surface area (Å²) in [5.41, 5.74) is 0.265. The second-order valence-corrected chi connectivity index (χ2v) is 3.33. The minimum atomic E-state index is -0.453. The molecule has 0 amide bonds. The lowest BCUT2D eigenvalue weighted by Gasteiger charge is -2.33. The molecule has 1 aliphatic carbocycles. The van der Waals surface area contributed by atoms with Gasteiger partial charge in [0.1, 0.15) is 6.10 Å². The Morgan fingerprint density at radius 3 is 3.00 bits per heavy atom. The van der Waals surface area contributed by atoms with Crippen LogP contribution in [-0.2, 0) is 4.89 Å². The fourth-order valence-corrected chi connectivity index (χ4v) is 1.33. The minimum absolute atomic E-state index is 0.0117. The van der Waals surface area contributed by atoms with Gasteiger partial charge in [0.15, 0.2) is 0 Å². The lowest BCUT2D eigenvalue weighted by molar-refractivity contribution is -0.270. The summed E-state index contributed by atoms with van der Waals surface area (Å²) in [4.78, 5) is 4.24. The van der Waals surface area contributed by atoms with Gasteiger partial charge in [-0.3, -0.25) is 5.26 Å². The molecule has 0 aliphatic heterocycles. The predicted molar refractivity (Wildman–Crippen MR) is 45.6 cm³/mol. The van der Waals surface area contributed by atoms with E-state index in [2.05, 4.69) is 11.5 Å². The third-order valence-electron chi connectivity index (χ3n) is 2.41. The molecule has 3 heteroatoms. The van der Waals surface area contributed by atoms with Gasteiger partial charge in [0.25, 0.3) is 0 Å². The molecular formula is C9H14O3. The Balaban J connectivity index is 2.85. The summed E-state index contributed by atoms with van der Waals surface area (Å²) in [6.45, 7) is 5.64. The molecule has 0 aromatic heterocycles. The average Bonchev–Trinajstić information content (AvgIpc) is 2.10. The van der Waals surface area contributed by atoms with Gasteiger partial charge in [-0.15, -0.1) is 0 Å². The number of rotatable bonds is 2. The molecule has 0 bridgehead atoms. The summed E-state index contributed by atoms with van der Waals surface area (Å²) in [5.74, 6) is 0. The van der Waals surface area contributed by atoms with Crippen LogP contribution in [-0.4, -0.2) is 23.1 Å². The van der Waals surface area contributed by atoms with Crippen LogP contribution in [0.2, 0.25) is 0 Å². The molecule has 2 N–H and O–H groups in total. The molecule has 0 aromatic rings. The van der Waals surface area contributed by atoms with E-state index in [0.717, 1.165) is 5.57 Å². The molecule has 1 rings (SSSR count). The second-order valence-electron chi connectivity index (χ2n) is 3.33. The van der Waals surface area contributed by atoms with Crippen LogP contribution in [0.25, 0.3) is 0 Å². The van der Waals surface area contributed by atoms with E-state index in [-0.39, 0.29) is 12.7 Å². The lowest BCUT2D eigenvalue weighted by atomic mass is 9.76. The average molecular weight is 170 g/mol. The fourth-order valence-electron chi connectivity index (χ4n) is 1.33. The van der Waals surface area contributed by atoms with Crippen molar-refractivity contribution in [3.8, 4) is 0 Å². The number of hydrogen-bond acceptors (Lipinski definition) is 3. The molecule has 0 heterocycles. The first-order valence-corrected chi connectivity index (χ1v) is 3.92. The van der Waals surface area contributed by atoms with Gasteiger partial charge < -0.3 is 5.11 Å². The monoisotopic (exact) mass is 170 g/mol. The van der Waals surface area contributed by atoms with E-state index in [1.54, 1.807) is 0 Å². The van der Waals surface area contributed by atoms with E-state index in [9.17, 15) is 0 Å². The van der Waals surface area contributed by atoms with Gasteiger partial charge in [-0.2, -0.15) is 0 Å². The molecular weight excluding hydrogens is 156 g/mol. The highest BCUT2D eigenvalue weighted by molar-refractivity contribution is 5.26. The Bertz CT molecular complexity index is 210. The molecule has 68 valence electrons. The first kappa shape index (κ1) is 9.45. The van der Waals surface area contributed by atoms with Gasteiger partial charge in [-0.1, -0.05) is 25.7 Å². The molecule has 3 nitrogen and oxygen atoms in total. The van der Waals surface area contributed by atoms with Crippen molar-refractivity contribution < 1.29 is 15.3 Å². The van der Waals surface area contributed by atoms with Crippen LogP contribution in [0, 0.1) is 5.41 Å². The SMILES string of the molecule is C=C1[C@H](OO)CC=C[C@@]1(C)CO. The Morgan fingerprint density at radius 1 is 1.83 bits per heavy atom. The number of aliphatic hydroxyl groups excluding tert-OH is 1. The van der Waals surface area contributed by atoms with Crippen LogP contribution in [0.15, 0.2) is 24.3 Å². The first-order chi connectivity index (χ1) is 5.64. The van der Waals surface area contributed by atoms with E-state index < -0.39 is 5.41 Å². The van der Waals surface area contributed by atoms with Crippen molar-refractivity contribution in [1.82, 2.24) is 0 Å². The van der Waals surface area contributed by atoms with Crippen molar-refractivity contribution in [2.75, 3.05) is 6.61 Å². The molecule has 0 unspecified atom stereocenters. The Hall–Kier alpha value is -0.640. The molecule has 0 saturated carbocycles. The van der Waals surface area contributed by atoms with Crippen molar-refractivity contribution in [2.24, 2.45) is 5.41 Å². The van der Waals surface area contributed by atoms with Crippen molar-refractivity contribution >= 4 is 0 Å². The molecule has 2 atom stereocenters. The van der Waals surface area contributed by atoms with Crippen LogP contribution in [0.1, 0.15) is 13.3 Å². The molecule has 0 fully saturated rings. The van der Waals surface area contributed by atoms with E-state index in [1.165, 1.54) is 0 Å². The second kappa shape index (κ2) is 3.39. The Labute approximate surface area is 71.9 Å². The highest BCUT2D eigenvalue weighted by atomic mass is 17.1. The molecule has 1 aliphatic rings. The normalized spacial score (nSPS) is 35.6. The summed E-state index contributed by atoms with van der Waals surface area (Å²) < 4.78 is 0. The van der Waals surface area contributed by atoms with Crippen LogP contribution in [0.3, 0.4) is 0 Å². The maximum Gasteiger partial charge on any atom is 0.118 e. The van der Waals surface area contributed by atoms with E-state index in [4.69, 9.17) is 10.4 Å². The van der Waals surface area contributed by atoms with Gasteiger partial charge in [0, 0.05) is 5.41 Å². The Kier molecular flexibility index (Phi) is 2.67. The van der Waals surface area contributed by atoms with Crippen LogP contribution >= 0.6 is 0 Å². The molecule has 0 radical (unpaired) electrons. The van der Waals surface area contributed by atoms with Gasteiger partial charge in [-0.05, 0) is 12.0 Å². The highest BCUT2D eigenvalue weighted by Crippen LogP contribution is 2.35. The zero-order valence-electron chi connectivity index (χ0n) is 7.16. The maximum absolute atomic E-state index is 9.08. The van der Waals surface area contributed by atoms with Gasteiger partial charge in [-0.25, -0.2) is 4.89 Å². The lowest BCUT2D eigenvalue weighted by Crippen LogP contribution is -2.32. The largest absolute Gasteiger partial charge is 0.395 e. The smallest absolute Gasteiger partial charge is 0.118 e. The molecule has 0 saturated heterocycles. The maximum atomic E-state index is 9.08. The van der Waals surface area contributed by atoms with E-state index in [1.807, 2.05) is 19.1 Å². The van der Waals surface area contributed by atoms with Crippen LogP contribution in [0.4, 0.5) is 0 Å². The topological polar surface area (TPSA) is 49.7 Å². The summed E-state index contributed by atoms with van der Waals surface area (Å²) in [5, 5.41) is 17.6. The van der Waals surface area contributed by atoms with Crippen LogP contribution in [0.5, 0.6) is 0 Å². The summed E-state index contributed by atoms with van der Waals surface area (Å²) in [6.07, 6.45) is 4.01. The van der Waals surface area contributed by atoms with E-state index >= 15 is 0 Å². The van der Waals surface area contributed by atoms with Crippen molar-refractivity contribution in [1.29, 1.82) is 0 Å². The minimum Gasteiger partial charge on any atom is -0.395 e. The number of hydrogen-bond donors (Lipinski definition) is 2. The zero-order valence-corrected chi connectivity index (χ0v) is 7.16. The third kappa shape index (κ3) is 1.43. The highest BCUT2D eigenvalue weighted by Gasteiger charge is 2.32. The predicted octanol–water partition coefficient (Wildman–Crippen LogP) is 1.36. The molecule has 0 aromatic carbocycles.